The molecule has 0 fully saturated rings. The minimum absolute atomic E-state index is 0.396. The Balaban J connectivity index is 1.63. The summed E-state index contributed by atoms with van der Waals surface area (Å²) < 4.78 is 0. The summed E-state index contributed by atoms with van der Waals surface area (Å²) in [4.78, 5) is 23.3. The Labute approximate surface area is 151 Å². The van der Waals surface area contributed by atoms with Gasteiger partial charge >= 0.3 is 5.97 Å². The van der Waals surface area contributed by atoms with E-state index in [0.717, 1.165) is 35.0 Å². The summed E-state index contributed by atoms with van der Waals surface area (Å²) in [6.07, 6.45) is 6.70. The van der Waals surface area contributed by atoms with Crippen molar-refractivity contribution in [2.45, 2.75) is 32.4 Å². The van der Waals surface area contributed by atoms with Crippen molar-refractivity contribution in [2.24, 2.45) is 0 Å². The van der Waals surface area contributed by atoms with E-state index < -0.39 is 12.0 Å². The topological polar surface area (TPSA) is 103 Å². The van der Waals surface area contributed by atoms with Crippen LogP contribution in [-0.4, -0.2) is 38.6 Å². The summed E-state index contributed by atoms with van der Waals surface area (Å²) in [5, 5.41) is 16.8. The van der Waals surface area contributed by atoms with Gasteiger partial charge in [0.05, 0.1) is 0 Å². The van der Waals surface area contributed by atoms with Crippen molar-refractivity contribution in [1.29, 1.82) is 0 Å². The molecular formula is C19H23N5O2. The molecule has 2 heterocycles. The SMILES string of the molecule is CCCNc1ncc(CN[C@H](Cc2c[nH]c3ccccc23)C(=O)O)cn1. The lowest BCUT2D eigenvalue weighted by molar-refractivity contribution is -0.139. The fourth-order valence-electron chi connectivity index (χ4n) is 2.78. The van der Waals surface area contributed by atoms with Gasteiger partial charge in [-0.05, 0) is 18.1 Å². The first-order valence-corrected chi connectivity index (χ1v) is 8.73. The first kappa shape index (κ1) is 17.9. The average Bonchev–Trinajstić information content (AvgIpc) is 3.07. The van der Waals surface area contributed by atoms with E-state index in [0.29, 0.717) is 18.9 Å². The zero-order valence-electron chi connectivity index (χ0n) is 14.7. The Morgan fingerprint density at radius 2 is 2.04 bits per heavy atom. The third-order valence-electron chi connectivity index (χ3n) is 4.19. The highest BCUT2D eigenvalue weighted by molar-refractivity contribution is 5.84. The van der Waals surface area contributed by atoms with Gasteiger partial charge in [-0.1, -0.05) is 25.1 Å². The quantitative estimate of drug-likeness (QED) is 0.471. The number of carboxylic acids is 1. The highest BCUT2D eigenvalue weighted by Crippen LogP contribution is 2.19. The van der Waals surface area contributed by atoms with Gasteiger partial charge < -0.3 is 15.4 Å². The molecule has 4 N–H and O–H groups in total. The summed E-state index contributed by atoms with van der Waals surface area (Å²) >= 11 is 0. The summed E-state index contributed by atoms with van der Waals surface area (Å²) in [7, 11) is 0. The van der Waals surface area contributed by atoms with Crippen molar-refractivity contribution in [1.82, 2.24) is 20.3 Å². The number of carboxylic acid groups (broad SMARTS) is 1. The van der Waals surface area contributed by atoms with Crippen LogP contribution in [0.3, 0.4) is 0 Å². The number of carbonyl (C=O) groups is 1. The molecule has 0 aliphatic rings. The molecule has 26 heavy (non-hydrogen) atoms. The van der Waals surface area contributed by atoms with Crippen molar-refractivity contribution in [3.05, 3.63) is 54.0 Å². The normalized spacial score (nSPS) is 12.2. The number of nitrogens with zero attached hydrogens (tertiary/aromatic N) is 2. The van der Waals surface area contributed by atoms with Crippen LogP contribution in [0.15, 0.2) is 42.9 Å². The van der Waals surface area contributed by atoms with Crippen molar-refractivity contribution in [3.8, 4) is 0 Å². The molecule has 7 heteroatoms. The molecule has 1 aromatic carbocycles. The van der Waals surface area contributed by atoms with Crippen LogP contribution < -0.4 is 10.6 Å². The molecule has 0 aliphatic heterocycles. The minimum Gasteiger partial charge on any atom is -0.480 e. The van der Waals surface area contributed by atoms with E-state index in [1.54, 1.807) is 12.4 Å². The van der Waals surface area contributed by atoms with E-state index in [2.05, 4.69) is 32.5 Å². The molecule has 136 valence electrons. The predicted octanol–water partition coefficient (Wildman–Crippen LogP) is 2.57. The number of hydrogen-bond donors (Lipinski definition) is 4. The van der Waals surface area contributed by atoms with Crippen LogP contribution in [0.1, 0.15) is 24.5 Å². The summed E-state index contributed by atoms with van der Waals surface area (Å²) in [5.74, 6) is -0.290. The monoisotopic (exact) mass is 353 g/mol. The molecule has 0 bridgehead atoms. The number of H-pyrrole nitrogens is 1. The number of aliphatic carboxylic acids is 1. The number of aromatic nitrogens is 3. The van der Waals surface area contributed by atoms with Gasteiger partial charge in [-0.15, -0.1) is 0 Å². The largest absolute Gasteiger partial charge is 0.480 e. The standard InChI is InChI=1S/C19H23N5O2/c1-2-7-20-19-23-10-13(11-24-19)9-21-17(18(25)26)8-14-12-22-16-6-4-3-5-15(14)16/h3-6,10-12,17,21-22H,2,7-9H2,1H3,(H,25,26)(H,20,23,24)/t17-/m1/s1. The van der Waals surface area contributed by atoms with E-state index in [1.165, 1.54) is 0 Å². The molecular weight excluding hydrogens is 330 g/mol. The fourth-order valence-corrected chi connectivity index (χ4v) is 2.78. The van der Waals surface area contributed by atoms with E-state index in [9.17, 15) is 9.90 Å². The number of benzene rings is 1. The van der Waals surface area contributed by atoms with Crippen molar-refractivity contribution in [3.63, 3.8) is 0 Å². The summed E-state index contributed by atoms with van der Waals surface area (Å²) in [5.41, 5.74) is 2.84. The molecule has 0 spiro atoms. The van der Waals surface area contributed by atoms with Gasteiger partial charge in [0.1, 0.15) is 6.04 Å². The van der Waals surface area contributed by atoms with Crippen LogP contribution in [-0.2, 0) is 17.8 Å². The van der Waals surface area contributed by atoms with Crippen LogP contribution in [0.4, 0.5) is 5.95 Å². The number of fused-ring (bicyclic) bond motifs is 1. The number of hydrogen-bond acceptors (Lipinski definition) is 5. The lowest BCUT2D eigenvalue weighted by Gasteiger charge is -2.14. The molecule has 7 nitrogen and oxygen atoms in total. The number of aromatic amines is 1. The van der Waals surface area contributed by atoms with Gasteiger partial charge in [0.25, 0.3) is 0 Å². The number of nitrogens with one attached hydrogen (secondary N) is 3. The molecule has 2 aromatic heterocycles. The molecule has 0 saturated carbocycles. The Hall–Kier alpha value is -2.93. The second-order valence-electron chi connectivity index (χ2n) is 6.18. The lowest BCUT2D eigenvalue weighted by Crippen LogP contribution is -2.38. The van der Waals surface area contributed by atoms with Crippen LogP contribution in [0.25, 0.3) is 10.9 Å². The molecule has 0 unspecified atom stereocenters. The number of para-hydroxylation sites is 1. The number of rotatable bonds is 9. The van der Waals surface area contributed by atoms with E-state index in [1.807, 2.05) is 30.5 Å². The molecule has 1 atom stereocenters. The Kier molecular flexibility index (Phi) is 5.80. The predicted molar refractivity (Wildman–Crippen MR) is 101 cm³/mol. The van der Waals surface area contributed by atoms with Crippen molar-refractivity contribution < 1.29 is 9.90 Å². The molecule has 0 radical (unpaired) electrons. The highest BCUT2D eigenvalue weighted by atomic mass is 16.4. The van der Waals surface area contributed by atoms with Crippen LogP contribution in [0.5, 0.6) is 0 Å². The van der Waals surface area contributed by atoms with Gasteiger partial charge in [0.15, 0.2) is 0 Å². The molecule has 3 aromatic rings. The molecule has 0 saturated heterocycles. The maximum atomic E-state index is 11.6. The van der Waals surface area contributed by atoms with E-state index >= 15 is 0 Å². The van der Waals surface area contributed by atoms with Crippen LogP contribution >= 0.6 is 0 Å². The first-order valence-electron chi connectivity index (χ1n) is 8.73. The zero-order valence-corrected chi connectivity index (χ0v) is 14.7. The van der Waals surface area contributed by atoms with E-state index in [-0.39, 0.29) is 0 Å². The molecule has 0 amide bonds. The first-order chi connectivity index (χ1) is 12.7. The Morgan fingerprint density at radius 1 is 1.27 bits per heavy atom. The van der Waals surface area contributed by atoms with Gasteiger partial charge in [0.2, 0.25) is 5.95 Å². The van der Waals surface area contributed by atoms with Gasteiger partial charge in [-0.25, -0.2) is 9.97 Å². The zero-order chi connectivity index (χ0) is 18.4. The third-order valence-corrected chi connectivity index (χ3v) is 4.19. The lowest BCUT2D eigenvalue weighted by atomic mass is 10.0. The highest BCUT2D eigenvalue weighted by Gasteiger charge is 2.19. The fraction of sp³-hybridized carbons (Fsp3) is 0.316. The Morgan fingerprint density at radius 3 is 2.77 bits per heavy atom. The minimum atomic E-state index is -0.877. The van der Waals surface area contributed by atoms with Crippen molar-refractivity contribution >= 4 is 22.8 Å². The smallest absolute Gasteiger partial charge is 0.321 e. The summed E-state index contributed by atoms with van der Waals surface area (Å²) in [6, 6.07) is 7.19. The van der Waals surface area contributed by atoms with Gasteiger partial charge in [-0.3, -0.25) is 10.1 Å². The molecule has 0 aliphatic carbocycles. The Bertz CT molecular complexity index is 860. The van der Waals surface area contributed by atoms with Crippen molar-refractivity contribution in [2.75, 3.05) is 11.9 Å². The maximum absolute atomic E-state index is 11.6. The maximum Gasteiger partial charge on any atom is 0.321 e. The molecule has 3 rings (SSSR count). The van der Waals surface area contributed by atoms with E-state index in [4.69, 9.17) is 0 Å². The average molecular weight is 353 g/mol. The number of anilines is 1. The second kappa shape index (κ2) is 8.44. The van der Waals surface area contributed by atoms with Crippen LogP contribution in [0, 0.1) is 0 Å². The van der Waals surface area contributed by atoms with Gasteiger partial charge in [-0.2, -0.15) is 0 Å². The summed E-state index contributed by atoms with van der Waals surface area (Å²) in [6.45, 7) is 3.29. The third kappa shape index (κ3) is 4.37. The van der Waals surface area contributed by atoms with Crippen LogP contribution in [0.2, 0.25) is 0 Å². The second-order valence-corrected chi connectivity index (χ2v) is 6.18. The van der Waals surface area contributed by atoms with Gasteiger partial charge in [0, 0.05) is 54.6 Å².